The first-order chi connectivity index (χ1) is 9.61. The number of nitrogens with one attached hydrogen (secondary N) is 1. The van der Waals surface area contributed by atoms with Gasteiger partial charge in [0.1, 0.15) is 0 Å². The predicted molar refractivity (Wildman–Crippen MR) is 86.6 cm³/mol. The van der Waals surface area contributed by atoms with Crippen molar-refractivity contribution >= 4 is 18.3 Å². The van der Waals surface area contributed by atoms with Gasteiger partial charge >= 0.3 is 0 Å². The van der Waals surface area contributed by atoms with Crippen molar-refractivity contribution in [3.8, 4) is 0 Å². The van der Waals surface area contributed by atoms with E-state index in [9.17, 15) is 4.79 Å². The molecule has 2 heterocycles. The van der Waals surface area contributed by atoms with E-state index in [2.05, 4.69) is 23.3 Å². The zero-order valence-corrected chi connectivity index (χ0v) is 13.2. The zero-order valence-electron chi connectivity index (χ0n) is 12.4. The fourth-order valence-corrected chi connectivity index (χ4v) is 3.63. The van der Waals surface area contributed by atoms with Gasteiger partial charge in [-0.1, -0.05) is 12.1 Å². The van der Waals surface area contributed by atoms with Gasteiger partial charge in [-0.25, -0.2) is 0 Å². The number of hydrogen-bond acceptors (Lipinski definition) is 3. The number of nitrogens with zero attached hydrogens (tertiary/aromatic N) is 1. The smallest absolute Gasteiger partial charge is 0.248 e. The molecule has 3 N–H and O–H groups in total. The highest BCUT2D eigenvalue weighted by molar-refractivity contribution is 5.92. The number of fused-ring (bicyclic) bond motifs is 2. The fourth-order valence-electron chi connectivity index (χ4n) is 3.63. The molecule has 2 unspecified atom stereocenters. The number of benzene rings is 1. The molecule has 0 aliphatic carbocycles. The summed E-state index contributed by atoms with van der Waals surface area (Å²) < 4.78 is 0. The molecule has 5 heteroatoms. The van der Waals surface area contributed by atoms with E-state index in [1.807, 2.05) is 12.1 Å². The van der Waals surface area contributed by atoms with Crippen LogP contribution in [0.4, 0.5) is 0 Å². The van der Waals surface area contributed by atoms with Crippen molar-refractivity contribution in [2.75, 3.05) is 7.05 Å². The Morgan fingerprint density at radius 1 is 1.33 bits per heavy atom. The Bertz CT molecular complexity index is 496. The van der Waals surface area contributed by atoms with E-state index < -0.39 is 0 Å². The van der Waals surface area contributed by atoms with Gasteiger partial charge in [0.15, 0.2) is 0 Å². The van der Waals surface area contributed by atoms with Crippen LogP contribution in [0.2, 0.25) is 0 Å². The topological polar surface area (TPSA) is 58.4 Å². The Hall–Kier alpha value is -1.10. The molecule has 21 heavy (non-hydrogen) atoms. The highest BCUT2D eigenvalue weighted by Gasteiger charge is 2.34. The standard InChI is InChI=1S/C16H23N3O.ClH/c1-19(15-8-13-5-6-14(9-15)18-13)10-11-3-2-4-12(7-11)16(17)20;/h2-4,7,13-15,18H,5-6,8-10H2,1H3,(H2,17,20);1H. The summed E-state index contributed by atoms with van der Waals surface area (Å²) in [4.78, 5) is 13.7. The predicted octanol–water partition coefficient (Wildman–Crippen LogP) is 1.92. The Labute approximate surface area is 132 Å². The van der Waals surface area contributed by atoms with Gasteiger partial charge in [-0.15, -0.1) is 12.4 Å². The second-order valence-electron chi connectivity index (χ2n) is 6.24. The van der Waals surface area contributed by atoms with E-state index in [0.717, 1.165) is 12.1 Å². The average molecular weight is 310 g/mol. The van der Waals surface area contributed by atoms with Crippen LogP contribution < -0.4 is 11.1 Å². The van der Waals surface area contributed by atoms with Crippen molar-refractivity contribution in [2.45, 2.75) is 50.4 Å². The number of amides is 1. The van der Waals surface area contributed by atoms with E-state index in [1.54, 1.807) is 6.07 Å². The van der Waals surface area contributed by atoms with Gasteiger partial charge in [-0.2, -0.15) is 0 Å². The first kappa shape index (κ1) is 16.3. The number of piperidine rings is 1. The SMILES string of the molecule is CN(Cc1cccc(C(N)=O)c1)C1CC2CCC(C1)N2.Cl. The minimum atomic E-state index is -0.352. The highest BCUT2D eigenvalue weighted by atomic mass is 35.5. The highest BCUT2D eigenvalue weighted by Crippen LogP contribution is 2.29. The third-order valence-corrected chi connectivity index (χ3v) is 4.72. The largest absolute Gasteiger partial charge is 0.366 e. The maximum atomic E-state index is 11.2. The van der Waals surface area contributed by atoms with Gasteiger partial charge in [0, 0.05) is 30.2 Å². The summed E-state index contributed by atoms with van der Waals surface area (Å²) in [7, 11) is 2.19. The molecule has 0 aromatic heterocycles. The molecule has 1 aromatic rings. The van der Waals surface area contributed by atoms with Crippen molar-refractivity contribution in [3.63, 3.8) is 0 Å². The summed E-state index contributed by atoms with van der Waals surface area (Å²) >= 11 is 0. The molecule has 4 nitrogen and oxygen atoms in total. The Morgan fingerprint density at radius 2 is 2.00 bits per heavy atom. The average Bonchev–Trinajstić information content (AvgIpc) is 2.77. The van der Waals surface area contributed by atoms with Crippen LogP contribution in [-0.2, 0) is 6.54 Å². The lowest BCUT2D eigenvalue weighted by atomic mass is 9.98. The Balaban J connectivity index is 0.00000161. The molecule has 2 aliphatic rings. The minimum Gasteiger partial charge on any atom is -0.366 e. The number of halogens is 1. The molecule has 1 aromatic carbocycles. The van der Waals surface area contributed by atoms with E-state index in [-0.39, 0.29) is 18.3 Å². The van der Waals surface area contributed by atoms with Crippen LogP contribution in [0.5, 0.6) is 0 Å². The molecule has 0 saturated carbocycles. The number of nitrogens with two attached hydrogens (primary N) is 1. The molecular formula is C16H24ClN3O. The van der Waals surface area contributed by atoms with Gasteiger partial charge in [0.25, 0.3) is 0 Å². The lowest BCUT2D eigenvalue weighted by Gasteiger charge is -2.35. The van der Waals surface area contributed by atoms with Gasteiger partial charge in [0.2, 0.25) is 5.91 Å². The molecule has 2 atom stereocenters. The molecule has 2 aliphatic heterocycles. The third kappa shape index (κ3) is 3.76. The first-order valence-electron chi connectivity index (χ1n) is 7.47. The Kier molecular flexibility index (Phi) is 5.25. The lowest BCUT2D eigenvalue weighted by molar-refractivity contribution is 0.1000. The maximum Gasteiger partial charge on any atom is 0.248 e. The number of primary amides is 1. The molecule has 3 rings (SSSR count). The fraction of sp³-hybridized carbons (Fsp3) is 0.562. The van der Waals surface area contributed by atoms with Crippen molar-refractivity contribution < 1.29 is 4.79 Å². The normalized spacial score (nSPS) is 27.4. The van der Waals surface area contributed by atoms with Crippen LogP contribution in [0.25, 0.3) is 0 Å². The summed E-state index contributed by atoms with van der Waals surface area (Å²) in [6, 6.07) is 9.72. The van der Waals surface area contributed by atoms with Gasteiger partial charge in [-0.05, 0) is 50.4 Å². The van der Waals surface area contributed by atoms with Gasteiger partial charge < -0.3 is 11.1 Å². The maximum absolute atomic E-state index is 11.2. The molecule has 0 radical (unpaired) electrons. The summed E-state index contributed by atoms with van der Waals surface area (Å²) in [6.07, 6.45) is 5.13. The molecule has 0 spiro atoms. The van der Waals surface area contributed by atoms with Crippen LogP contribution >= 0.6 is 12.4 Å². The van der Waals surface area contributed by atoms with Crippen molar-refractivity contribution in [1.29, 1.82) is 0 Å². The van der Waals surface area contributed by atoms with E-state index in [4.69, 9.17) is 5.73 Å². The number of carbonyl (C=O) groups excluding carboxylic acids is 1. The minimum absolute atomic E-state index is 0. The first-order valence-corrected chi connectivity index (χ1v) is 7.47. The van der Waals surface area contributed by atoms with E-state index >= 15 is 0 Å². The molecule has 116 valence electrons. The summed E-state index contributed by atoms with van der Waals surface area (Å²) in [5.41, 5.74) is 7.10. The van der Waals surface area contributed by atoms with Crippen molar-refractivity contribution in [3.05, 3.63) is 35.4 Å². The van der Waals surface area contributed by atoms with Crippen LogP contribution in [0.15, 0.2) is 24.3 Å². The van der Waals surface area contributed by atoms with Crippen molar-refractivity contribution in [1.82, 2.24) is 10.2 Å². The van der Waals surface area contributed by atoms with Gasteiger partial charge in [0.05, 0.1) is 0 Å². The Morgan fingerprint density at radius 3 is 2.62 bits per heavy atom. The zero-order chi connectivity index (χ0) is 14.1. The van der Waals surface area contributed by atoms with E-state index in [1.165, 1.54) is 25.7 Å². The summed E-state index contributed by atoms with van der Waals surface area (Å²) in [5.74, 6) is -0.352. The third-order valence-electron chi connectivity index (χ3n) is 4.72. The molecule has 2 fully saturated rings. The second-order valence-corrected chi connectivity index (χ2v) is 6.24. The van der Waals surface area contributed by atoms with E-state index in [0.29, 0.717) is 23.7 Å². The molecule has 2 bridgehead atoms. The monoisotopic (exact) mass is 309 g/mol. The van der Waals surface area contributed by atoms with Crippen LogP contribution in [-0.4, -0.2) is 36.0 Å². The summed E-state index contributed by atoms with van der Waals surface area (Å²) in [6.45, 7) is 0.880. The lowest BCUT2D eigenvalue weighted by Crippen LogP contribution is -2.46. The van der Waals surface area contributed by atoms with Crippen LogP contribution in [0, 0.1) is 0 Å². The number of carbonyl (C=O) groups is 1. The van der Waals surface area contributed by atoms with Crippen LogP contribution in [0.3, 0.4) is 0 Å². The molecule has 1 amide bonds. The summed E-state index contributed by atoms with van der Waals surface area (Å²) in [5, 5.41) is 3.68. The molecule has 2 saturated heterocycles. The molecular weight excluding hydrogens is 286 g/mol. The van der Waals surface area contributed by atoms with Gasteiger partial charge in [-0.3, -0.25) is 9.69 Å². The second kappa shape index (κ2) is 6.77. The van der Waals surface area contributed by atoms with Crippen LogP contribution in [0.1, 0.15) is 41.6 Å². The van der Waals surface area contributed by atoms with Crippen molar-refractivity contribution in [2.24, 2.45) is 5.73 Å². The number of hydrogen-bond donors (Lipinski definition) is 2. The quantitative estimate of drug-likeness (QED) is 0.893. The number of rotatable bonds is 4.